The van der Waals surface area contributed by atoms with Crippen LogP contribution in [0.3, 0.4) is 0 Å². The van der Waals surface area contributed by atoms with Gasteiger partial charge in [0.15, 0.2) is 0 Å². The molecule has 0 aromatic carbocycles. The first-order valence-corrected chi connectivity index (χ1v) is 10.2. The van der Waals surface area contributed by atoms with Gasteiger partial charge in [0.2, 0.25) is 5.88 Å². The highest BCUT2D eigenvalue weighted by molar-refractivity contribution is 5.89. The number of hydrogen-bond donors (Lipinski definition) is 3. The van der Waals surface area contributed by atoms with Crippen molar-refractivity contribution in [3.8, 4) is 5.88 Å². The lowest BCUT2D eigenvalue weighted by Gasteiger charge is -2.21. The summed E-state index contributed by atoms with van der Waals surface area (Å²) < 4.78 is 5.05. The highest BCUT2D eigenvalue weighted by Gasteiger charge is 2.42. The van der Waals surface area contributed by atoms with Gasteiger partial charge in [0, 0.05) is 31.4 Å². The number of anilines is 2. The zero-order chi connectivity index (χ0) is 20.7. The molecule has 4 heterocycles. The fraction of sp³-hybridized carbons (Fsp3) is 0.429. The van der Waals surface area contributed by atoms with Crippen LogP contribution in [0.5, 0.6) is 5.88 Å². The van der Waals surface area contributed by atoms with Crippen LogP contribution in [-0.2, 0) is 0 Å². The van der Waals surface area contributed by atoms with E-state index < -0.39 is 0 Å². The Hall–Kier alpha value is -3.36. The summed E-state index contributed by atoms with van der Waals surface area (Å²) >= 11 is 0. The number of H-pyrrole nitrogens is 1. The molecule has 1 aliphatic heterocycles. The van der Waals surface area contributed by atoms with Gasteiger partial charge in [-0.15, -0.1) is 0 Å². The predicted octanol–water partition coefficient (Wildman–Crippen LogP) is 3.02. The molecule has 2 aliphatic rings. The lowest BCUT2D eigenvalue weighted by atomic mass is 10.0. The van der Waals surface area contributed by atoms with Crippen LogP contribution in [0.2, 0.25) is 0 Å². The normalized spacial score (nSPS) is 22.9. The van der Waals surface area contributed by atoms with E-state index in [9.17, 15) is 4.79 Å². The predicted molar refractivity (Wildman–Crippen MR) is 114 cm³/mol. The van der Waals surface area contributed by atoms with Gasteiger partial charge in [-0.05, 0) is 43.7 Å². The number of urea groups is 1. The quantitative estimate of drug-likeness (QED) is 0.614. The molecule has 3 aromatic rings. The number of ether oxygens (including phenoxy) is 1. The number of carbonyl (C=O) groups excluding carboxylic acids is 1. The van der Waals surface area contributed by atoms with Gasteiger partial charge in [-0.1, -0.05) is 0 Å². The highest BCUT2D eigenvalue weighted by atomic mass is 16.5. The van der Waals surface area contributed by atoms with E-state index in [2.05, 4.69) is 30.6 Å². The van der Waals surface area contributed by atoms with E-state index in [0.29, 0.717) is 29.4 Å². The number of nitrogens with one attached hydrogen (secondary N) is 3. The first-order chi connectivity index (χ1) is 14.6. The Bertz CT molecular complexity index is 1050. The molecule has 1 saturated carbocycles. The number of rotatable bonds is 4. The number of carbonyl (C=O) groups is 1. The largest absolute Gasteiger partial charge is 0.481 e. The molecule has 0 unspecified atom stereocenters. The van der Waals surface area contributed by atoms with E-state index in [0.717, 1.165) is 48.6 Å². The number of aryl methyl sites for hydroxylation is 1. The number of pyridine rings is 1. The Kier molecular flexibility index (Phi) is 4.65. The van der Waals surface area contributed by atoms with Crippen molar-refractivity contribution < 1.29 is 9.53 Å². The first-order valence-electron chi connectivity index (χ1n) is 10.2. The van der Waals surface area contributed by atoms with Crippen LogP contribution in [0.15, 0.2) is 30.6 Å². The number of hydrogen-bond acceptors (Lipinski definition) is 6. The maximum Gasteiger partial charge on any atom is 0.321 e. The third-order valence-electron chi connectivity index (χ3n) is 6.10. The summed E-state index contributed by atoms with van der Waals surface area (Å²) in [6.07, 6.45) is 5.57. The molecule has 0 spiro atoms. The lowest BCUT2D eigenvalue weighted by Crippen LogP contribution is -2.34. The number of amides is 2. The standard InChI is InChI=1S/C21H25N7O2/c1-12-24-19-17(5-6-22-19)20(25-12)26-16-7-13-10-28(11-14(13)8-16)21(29)27-15-3-4-18(30-2)23-9-15/h3-6,9,13-14,16H,7-8,10-11H2,1-2H3,(H,27,29)(H2,22,24,25,26)/t13-,14+,16-. The van der Waals surface area contributed by atoms with Crippen LogP contribution in [0.25, 0.3) is 11.0 Å². The van der Waals surface area contributed by atoms with Crippen LogP contribution in [0.4, 0.5) is 16.3 Å². The van der Waals surface area contributed by atoms with Crippen molar-refractivity contribution in [2.24, 2.45) is 11.8 Å². The summed E-state index contributed by atoms with van der Waals surface area (Å²) in [6.45, 7) is 3.46. The maximum atomic E-state index is 12.6. The summed E-state index contributed by atoms with van der Waals surface area (Å²) in [5, 5.41) is 7.58. The number of fused-ring (bicyclic) bond motifs is 2. The van der Waals surface area contributed by atoms with Crippen molar-refractivity contribution in [1.82, 2.24) is 24.8 Å². The van der Waals surface area contributed by atoms with E-state index in [-0.39, 0.29) is 6.03 Å². The molecule has 0 radical (unpaired) electrons. The Labute approximate surface area is 174 Å². The molecule has 3 aromatic heterocycles. The van der Waals surface area contributed by atoms with Crippen LogP contribution in [-0.4, -0.2) is 57.1 Å². The Morgan fingerprint density at radius 1 is 1.20 bits per heavy atom. The minimum absolute atomic E-state index is 0.0682. The van der Waals surface area contributed by atoms with Crippen molar-refractivity contribution in [3.05, 3.63) is 36.4 Å². The summed E-state index contributed by atoms with van der Waals surface area (Å²) in [5.41, 5.74) is 1.53. The molecule has 1 aliphatic carbocycles. The van der Waals surface area contributed by atoms with E-state index in [4.69, 9.17) is 4.74 Å². The van der Waals surface area contributed by atoms with Crippen molar-refractivity contribution in [2.75, 3.05) is 30.8 Å². The molecule has 9 nitrogen and oxygen atoms in total. The molecule has 2 amide bonds. The third-order valence-corrected chi connectivity index (χ3v) is 6.10. The average molecular weight is 407 g/mol. The smallest absolute Gasteiger partial charge is 0.321 e. The Balaban J connectivity index is 1.19. The van der Waals surface area contributed by atoms with Gasteiger partial charge in [0.25, 0.3) is 0 Å². The molecule has 3 atom stereocenters. The van der Waals surface area contributed by atoms with Gasteiger partial charge in [-0.25, -0.2) is 19.7 Å². The topological polar surface area (TPSA) is 108 Å². The zero-order valence-corrected chi connectivity index (χ0v) is 17.1. The van der Waals surface area contributed by atoms with Gasteiger partial charge >= 0.3 is 6.03 Å². The fourth-order valence-corrected chi connectivity index (χ4v) is 4.72. The number of aromatic amines is 1. The molecule has 30 heavy (non-hydrogen) atoms. The molecule has 5 rings (SSSR count). The fourth-order valence-electron chi connectivity index (χ4n) is 4.72. The van der Waals surface area contributed by atoms with Crippen LogP contribution < -0.4 is 15.4 Å². The van der Waals surface area contributed by atoms with Gasteiger partial charge in [-0.2, -0.15) is 0 Å². The van der Waals surface area contributed by atoms with Crippen molar-refractivity contribution in [3.63, 3.8) is 0 Å². The van der Waals surface area contributed by atoms with Crippen molar-refractivity contribution in [1.29, 1.82) is 0 Å². The van der Waals surface area contributed by atoms with Gasteiger partial charge in [0.1, 0.15) is 17.3 Å². The van der Waals surface area contributed by atoms with E-state index in [1.54, 1.807) is 25.4 Å². The molecule has 9 heteroatoms. The number of methoxy groups -OCH3 is 1. The molecule has 156 valence electrons. The van der Waals surface area contributed by atoms with Gasteiger partial charge in [-0.3, -0.25) is 0 Å². The summed E-state index contributed by atoms with van der Waals surface area (Å²) in [5.74, 6) is 3.18. The SMILES string of the molecule is COc1ccc(NC(=O)N2C[C@H]3C[C@@H](Nc4nc(C)nc5[nH]ccc45)C[C@H]3C2)cn1. The summed E-state index contributed by atoms with van der Waals surface area (Å²) in [4.78, 5) is 30.9. The number of likely N-dealkylation sites (tertiary alicyclic amines) is 1. The molecule has 1 saturated heterocycles. The molecular formula is C21H25N7O2. The third kappa shape index (κ3) is 3.51. The zero-order valence-electron chi connectivity index (χ0n) is 17.1. The average Bonchev–Trinajstić information content (AvgIpc) is 3.43. The van der Waals surface area contributed by atoms with Gasteiger partial charge < -0.3 is 25.3 Å². The second-order valence-electron chi connectivity index (χ2n) is 8.12. The van der Waals surface area contributed by atoms with E-state index >= 15 is 0 Å². The van der Waals surface area contributed by atoms with Crippen molar-refractivity contribution in [2.45, 2.75) is 25.8 Å². The Morgan fingerprint density at radius 3 is 2.70 bits per heavy atom. The second kappa shape index (κ2) is 7.47. The second-order valence-corrected chi connectivity index (χ2v) is 8.12. The molecular weight excluding hydrogens is 382 g/mol. The van der Waals surface area contributed by atoms with Gasteiger partial charge in [0.05, 0.1) is 24.4 Å². The maximum absolute atomic E-state index is 12.6. The molecule has 3 N–H and O–H groups in total. The van der Waals surface area contributed by atoms with Crippen molar-refractivity contribution >= 4 is 28.6 Å². The first kappa shape index (κ1) is 18.7. The number of nitrogens with zero attached hydrogens (tertiary/aromatic N) is 4. The summed E-state index contributed by atoms with van der Waals surface area (Å²) in [6, 6.07) is 5.84. The minimum Gasteiger partial charge on any atom is -0.481 e. The lowest BCUT2D eigenvalue weighted by molar-refractivity contribution is 0.218. The molecule has 0 bridgehead atoms. The van der Waals surface area contributed by atoms with Crippen LogP contribution in [0.1, 0.15) is 18.7 Å². The molecule has 2 fully saturated rings. The monoisotopic (exact) mass is 407 g/mol. The summed E-state index contributed by atoms with van der Waals surface area (Å²) in [7, 11) is 1.57. The van der Waals surface area contributed by atoms with E-state index in [1.807, 2.05) is 24.1 Å². The van der Waals surface area contributed by atoms with Crippen LogP contribution in [0, 0.1) is 18.8 Å². The van der Waals surface area contributed by atoms with Crippen LogP contribution >= 0.6 is 0 Å². The number of aromatic nitrogens is 4. The highest BCUT2D eigenvalue weighted by Crippen LogP contribution is 2.39. The van der Waals surface area contributed by atoms with E-state index in [1.165, 1.54) is 0 Å². The Morgan fingerprint density at radius 2 is 2.00 bits per heavy atom. The minimum atomic E-state index is -0.0682.